The van der Waals surface area contributed by atoms with E-state index in [0.717, 1.165) is 6.42 Å². The molecule has 1 unspecified atom stereocenters. The van der Waals surface area contributed by atoms with E-state index in [9.17, 15) is 13.2 Å². The SMILES string of the molecule is CCN1CCCCC(S(=O)(=O)c2ccc(Cl)c(Cl)c2)C1=O. The van der Waals surface area contributed by atoms with E-state index < -0.39 is 15.1 Å². The summed E-state index contributed by atoms with van der Waals surface area (Å²) in [6.45, 7) is 2.99. The standard InChI is InChI=1S/C14H17Cl2NO3S/c1-2-17-8-4-3-5-13(14(17)18)21(19,20)10-6-7-11(15)12(16)9-10/h6-7,9,13H,2-5,8H2,1H3. The van der Waals surface area contributed by atoms with Crippen LogP contribution in [-0.4, -0.2) is 37.6 Å². The topological polar surface area (TPSA) is 54.5 Å². The average Bonchev–Trinajstić information content (AvgIpc) is 2.63. The lowest BCUT2D eigenvalue weighted by molar-refractivity contribution is -0.130. The summed E-state index contributed by atoms with van der Waals surface area (Å²) in [7, 11) is -3.75. The average molecular weight is 350 g/mol. The summed E-state index contributed by atoms with van der Waals surface area (Å²) in [6.07, 6.45) is 1.89. The van der Waals surface area contributed by atoms with Gasteiger partial charge in [-0.2, -0.15) is 0 Å². The number of rotatable bonds is 3. The lowest BCUT2D eigenvalue weighted by Crippen LogP contribution is -2.41. The highest BCUT2D eigenvalue weighted by atomic mass is 35.5. The minimum atomic E-state index is -3.75. The lowest BCUT2D eigenvalue weighted by Gasteiger charge is -2.22. The van der Waals surface area contributed by atoms with Crippen LogP contribution in [0.4, 0.5) is 0 Å². The van der Waals surface area contributed by atoms with Crippen molar-refractivity contribution in [3.63, 3.8) is 0 Å². The van der Waals surface area contributed by atoms with Crippen LogP contribution < -0.4 is 0 Å². The van der Waals surface area contributed by atoms with Gasteiger partial charge in [0.25, 0.3) is 0 Å². The summed E-state index contributed by atoms with van der Waals surface area (Å²) in [4.78, 5) is 14.1. The molecule has 4 nitrogen and oxygen atoms in total. The molecular formula is C14H17Cl2NO3S. The Balaban J connectivity index is 2.41. The molecule has 1 aromatic carbocycles. The van der Waals surface area contributed by atoms with Gasteiger partial charge in [-0.3, -0.25) is 4.79 Å². The Morgan fingerprint density at radius 1 is 1.24 bits per heavy atom. The summed E-state index contributed by atoms with van der Waals surface area (Å²) in [6, 6.07) is 4.15. The normalized spacial score (nSPS) is 20.4. The number of benzene rings is 1. The fourth-order valence-corrected chi connectivity index (χ4v) is 4.61. The summed E-state index contributed by atoms with van der Waals surface area (Å²) >= 11 is 11.7. The van der Waals surface area contributed by atoms with Crippen LogP contribution in [0.1, 0.15) is 26.2 Å². The number of amides is 1. The van der Waals surface area contributed by atoms with E-state index in [1.54, 1.807) is 4.90 Å². The van der Waals surface area contributed by atoms with Crippen LogP contribution >= 0.6 is 23.2 Å². The van der Waals surface area contributed by atoms with Gasteiger partial charge in [-0.1, -0.05) is 23.2 Å². The van der Waals surface area contributed by atoms with Crippen LogP contribution in [0.5, 0.6) is 0 Å². The van der Waals surface area contributed by atoms with Crippen molar-refractivity contribution >= 4 is 38.9 Å². The van der Waals surface area contributed by atoms with Crippen molar-refractivity contribution in [1.82, 2.24) is 4.90 Å². The molecule has 0 spiro atoms. The number of carbonyl (C=O) groups excluding carboxylic acids is 1. The first-order chi connectivity index (χ1) is 9.87. The second-order valence-corrected chi connectivity index (χ2v) is 7.97. The molecule has 1 aliphatic rings. The Bertz CT molecular complexity index is 646. The fraction of sp³-hybridized carbons (Fsp3) is 0.500. The van der Waals surface area contributed by atoms with Gasteiger partial charge in [0.2, 0.25) is 5.91 Å². The smallest absolute Gasteiger partial charge is 0.241 e. The number of nitrogens with zero attached hydrogens (tertiary/aromatic N) is 1. The first-order valence-corrected chi connectivity index (χ1v) is 9.16. The third-order valence-electron chi connectivity index (χ3n) is 3.71. The molecule has 0 aromatic heterocycles. The van der Waals surface area contributed by atoms with Crippen LogP contribution in [0.3, 0.4) is 0 Å². The third kappa shape index (κ3) is 3.35. The van der Waals surface area contributed by atoms with Crippen LogP contribution in [0.25, 0.3) is 0 Å². The van der Waals surface area contributed by atoms with Crippen molar-refractivity contribution < 1.29 is 13.2 Å². The molecule has 0 bridgehead atoms. The number of hydrogen-bond donors (Lipinski definition) is 0. The number of sulfone groups is 1. The molecule has 1 atom stereocenters. The Morgan fingerprint density at radius 3 is 2.57 bits per heavy atom. The highest BCUT2D eigenvalue weighted by Crippen LogP contribution is 2.29. The molecule has 0 radical (unpaired) electrons. The van der Waals surface area contributed by atoms with Gasteiger partial charge in [0, 0.05) is 13.1 Å². The minimum absolute atomic E-state index is 0.0493. The van der Waals surface area contributed by atoms with Crippen LogP contribution in [0.2, 0.25) is 10.0 Å². The second-order valence-electron chi connectivity index (χ2n) is 5.02. The molecule has 1 amide bonds. The van der Waals surface area contributed by atoms with Crippen LogP contribution in [0, 0.1) is 0 Å². The van der Waals surface area contributed by atoms with E-state index in [1.165, 1.54) is 18.2 Å². The molecule has 1 aliphatic heterocycles. The molecule has 1 fully saturated rings. The van der Waals surface area contributed by atoms with Crippen LogP contribution in [0.15, 0.2) is 23.1 Å². The van der Waals surface area contributed by atoms with Gasteiger partial charge in [0.15, 0.2) is 9.84 Å². The maximum atomic E-state index is 12.7. The van der Waals surface area contributed by atoms with Gasteiger partial charge in [0.05, 0.1) is 14.9 Å². The quantitative estimate of drug-likeness (QED) is 0.841. The molecule has 0 N–H and O–H groups in total. The van der Waals surface area contributed by atoms with E-state index in [0.29, 0.717) is 25.9 Å². The molecule has 0 saturated carbocycles. The predicted molar refractivity (Wildman–Crippen MR) is 83.5 cm³/mol. The zero-order valence-corrected chi connectivity index (χ0v) is 14.0. The molecule has 21 heavy (non-hydrogen) atoms. The van der Waals surface area contributed by atoms with Crippen molar-refractivity contribution in [2.45, 2.75) is 36.3 Å². The first kappa shape index (κ1) is 16.6. The molecular weight excluding hydrogens is 333 g/mol. The van der Waals surface area contributed by atoms with Gasteiger partial charge in [-0.15, -0.1) is 0 Å². The Kier molecular flexibility index (Phi) is 5.17. The van der Waals surface area contributed by atoms with Gasteiger partial charge in [-0.25, -0.2) is 8.42 Å². The zero-order chi connectivity index (χ0) is 15.6. The maximum Gasteiger partial charge on any atom is 0.241 e. The molecule has 1 saturated heterocycles. The largest absolute Gasteiger partial charge is 0.342 e. The molecule has 2 rings (SSSR count). The number of likely N-dealkylation sites (tertiary alicyclic amines) is 1. The van der Waals surface area contributed by atoms with E-state index in [2.05, 4.69) is 0 Å². The third-order valence-corrected chi connectivity index (χ3v) is 6.54. The second kappa shape index (κ2) is 6.55. The Hall–Kier alpha value is -0.780. The zero-order valence-electron chi connectivity index (χ0n) is 11.7. The Labute approximate surface area is 134 Å². The van der Waals surface area contributed by atoms with Crippen molar-refractivity contribution in [2.24, 2.45) is 0 Å². The van der Waals surface area contributed by atoms with E-state index in [-0.39, 0.29) is 20.8 Å². The van der Waals surface area contributed by atoms with Gasteiger partial charge in [0.1, 0.15) is 5.25 Å². The van der Waals surface area contributed by atoms with Crippen molar-refractivity contribution in [3.8, 4) is 0 Å². The fourth-order valence-electron chi connectivity index (χ4n) is 2.49. The summed E-state index contributed by atoms with van der Waals surface area (Å²) in [5, 5.41) is -0.568. The monoisotopic (exact) mass is 349 g/mol. The molecule has 116 valence electrons. The summed E-state index contributed by atoms with van der Waals surface area (Å²) < 4.78 is 25.5. The molecule has 7 heteroatoms. The van der Waals surface area contributed by atoms with Crippen LogP contribution in [-0.2, 0) is 14.6 Å². The minimum Gasteiger partial charge on any atom is -0.342 e. The molecule has 0 aliphatic carbocycles. The molecule has 1 heterocycles. The molecule has 1 aromatic rings. The van der Waals surface area contributed by atoms with Gasteiger partial charge < -0.3 is 4.90 Å². The van der Waals surface area contributed by atoms with E-state index >= 15 is 0 Å². The number of hydrogen-bond acceptors (Lipinski definition) is 3. The number of halogens is 2. The number of carbonyl (C=O) groups is 1. The first-order valence-electron chi connectivity index (χ1n) is 6.85. The predicted octanol–water partition coefficient (Wildman–Crippen LogP) is 3.17. The lowest BCUT2D eigenvalue weighted by atomic mass is 10.2. The van der Waals surface area contributed by atoms with E-state index in [1.807, 2.05) is 6.92 Å². The van der Waals surface area contributed by atoms with Crippen molar-refractivity contribution in [3.05, 3.63) is 28.2 Å². The highest BCUT2D eigenvalue weighted by molar-refractivity contribution is 7.92. The van der Waals surface area contributed by atoms with Gasteiger partial charge >= 0.3 is 0 Å². The Morgan fingerprint density at radius 2 is 1.95 bits per heavy atom. The van der Waals surface area contributed by atoms with E-state index in [4.69, 9.17) is 23.2 Å². The maximum absolute atomic E-state index is 12.7. The summed E-state index contributed by atoms with van der Waals surface area (Å²) in [5.74, 6) is -0.318. The highest BCUT2D eigenvalue weighted by Gasteiger charge is 2.37. The summed E-state index contributed by atoms with van der Waals surface area (Å²) in [5.41, 5.74) is 0. The van der Waals surface area contributed by atoms with Crippen molar-refractivity contribution in [1.29, 1.82) is 0 Å². The van der Waals surface area contributed by atoms with Crippen molar-refractivity contribution in [2.75, 3.05) is 13.1 Å². The van der Waals surface area contributed by atoms with Gasteiger partial charge in [-0.05, 0) is 44.4 Å².